The summed E-state index contributed by atoms with van der Waals surface area (Å²) in [5.41, 5.74) is 1.01. The molecule has 198 valence electrons. The van der Waals surface area contributed by atoms with Crippen molar-refractivity contribution < 1.29 is 28.6 Å². The maximum atomic E-state index is 13.5. The van der Waals surface area contributed by atoms with Crippen molar-refractivity contribution in [2.45, 2.75) is 59.0 Å². The Morgan fingerprint density at radius 1 is 1.00 bits per heavy atom. The third kappa shape index (κ3) is 8.86. The van der Waals surface area contributed by atoms with Gasteiger partial charge in [-0.2, -0.15) is 0 Å². The number of methoxy groups -OCH3 is 2. The average Bonchev–Trinajstić information content (AvgIpc) is 3.40. The van der Waals surface area contributed by atoms with Crippen molar-refractivity contribution in [3.8, 4) is 11.5 Å². The van der Waals surface area contributed by atoms with Crippen molar-refractivity contribution in [2.24, 2.45) is 0 Å². The quantitative estimate of drug-likeness (QED) is 0.327. The lowest BCUT2D eigenvalue weighted by Gasteiger charge is -2.31. The van der Waals surface area contributed by atoms with Crippen LogP contribution in [0.2, 0.25) is 0 Å². The molecule has 1 heterocycles. The molecule has 0 bridgehead atoms. The first kappa shape index (κ1) is 29.2. The topological polar surface area (TPSA) is 85.4 Å². The van der Waals surface area contributed by atoms with Gasteiger partial charge in [-0.3, -0.25) is 14.4 Å². The molecule has 2 aromatic rings. The first-order valence-electron chi connectivity index (χ1n) is 12.3. The molecule has 0 spiro atoms. The summed E-state index contributed by atoms with van der Waals surface area (Å²) in [6.07, 6.45) is 1.35. The van der Waals surface area contributed by atoms with Gasteiger partial charge in [0.1, 0.15) is 0 Å². The highest BCUT2D eigenvalue weighted by atomic mass is 32.1. The Hall–Kier alpha value is -3.07. The Balaban J connectivity index is 2.14. The molecule has 0 aliphatic rings. The fourth-order valence-corrected chi connectivity index (χ4v) is 4.44. The van der Waals surface area contributed by atoms with Gasteiger partial charge in [-0.25, -0.2) is 0 Å². The predicted molar refractivity (Wildman–Crippen MR) is 140 cm³/mol. The fourth-order valence-electron chi connectivity index (χ4n) is 3.72. The molecule has 9 heteroatoms. The minimum absolute atomic E-state index is 0.00596. The van der Waals surface area contributed by atoms with E-state index in [4.69, 9.17) is 14.2 Å². The number of benzene rings is 1. The van der Waals surface area contributed by atoms with Crippen LogP contribution in [0.5, 0.6) is 11.5 Å². The van der Waals surface area contributed by atoms with E-state index in [1.54, 1.807) is 42.3 Å². The number of thiophene rings is 1. The molecule has 1 aromatic heterocycles. The molecule has 1 atom stereocenters. The first-order valence-corrected chi connectivity index (χ1v) is 13.2. The second kappa shape index (κ2) is 15.1. The highest BCUT2D eigenvalue weighted by Crippen LogP contribution is 2.28. The summed E-state index contributed by atoms with van der Waals surface area (Å²) in [7, 11) is 3.19. The summed E-state index contributed by atoms with van der Waals surface area (Å²) >= 11 is 1.59. The Labute approximate surface area is 218 Å². The van der Waals surface area contributed by atoms with Crippen molar-refractivity contribution in [3.63, 3.8) is 0 Å². The standard InChI is InChI=1S/C27H38N2O6S/c1-6-20(3)29(25(30)12-13-27(32)35-7-2)19-26(31)28(18-22-9-8-16-36-22)15-14-21-10-11-23(33-4)24(17-21)34-5/h8-11,16-17,20H,6-7,12-15,18-19H2,1-5H3. The molecule has 8 nitrogen and oxygen atoms in total. The second-order valence-electron chi connectivity index (χ2n) is 8.42. The molecule has 0 aliphatic carbocycles. The van der Waals surface area contributed by atoms with E-state index in [9.17, 15) is 14.4 Å². The Morgan fingerprint density at radius 3 is 2.36 bits per heavy atom. The molecular weight excluding hydrogens is 480 g/mol. The summed E-state index contributed by atoms with van der Waals surface area (Å²) in [5.74, 6) is 0.533. The number of esters is 1. The number of nitrogens with zero attached hydrogens (tertiary/aromatic N) is 2. The molecule has 2 amide bonds. The lowest BCUT2D eigenvalue weighted by molar-refractivity contribution is -0.147. The van der Waals surface area contributed by atoms with Gasteiger partial charge < -0.3 is 24.0 Å². The van der Waals surface area contributed by atoms with Crippen LogP contribution >= 0.6 is 11.3 Å². The molecule has 2 rings (SSSR count). The van der Waals surface area contributed by atoms with E-state index in [1.807, 2.05) is 49.6 Å². The van der Waals surface area contributed by atoms with Crippen molar-refractivity contribution in [1.29, 1.82) is 0 Å². The minimum Gasteiger partial charge on any atom is -0.493 e. The van der Waals surface area contributed by atoms with Gasteiger partial charge in [0.05, 0.1) is 40.3 Å². The van der Waals surface area contributed by atoms with Crippen LogP contribution in [0.1, 0.15) is 50.5 Å². The predicted octanol–water partition coefficient (Wildman–Crippen LogP) is 4.31. The zero-order chi connectivity index (χ0) is 26.5. The SMILES string of the molecule is CCOC(=O)CCC(=O)N(CC(=O)N(CCc1ccc(OC)c(OC)c1)Cc1cccs1)C(C)CC. The van der Waals surface area contributed by atoms with E-state index >= 15 is 0 Å². The Morgan fingerprint density at radius 2 is 1.75 bits per heavy atom. The summed E-state index contributed by atoms with van der Waals surface area (Å²) in [5, 5.41) is 1.98. The van der Waals surface area contributed by atoms with Crippen LogP contribution in [-0.4, -0.2) is 67.5 Å². The van der Waals surface area contributed by atoms with E-state index in [0.717, 1.165) is 10.4 Å². The van der Waals surface area contributed by atoms with E-state index in [2.05, 4.69) is 0 Å². The van der Waals surface area contributed by atoms with Crippen molar-refractivity contribution in [1.82, 2.24) is 9.80 Å². The van der Waals surface area contributed by atoms with E-state index < -0.39 is 5.97 Å². The third-order valence-electron chi connectivity index (χ3n) is 5.99. The summed E-state index contributed by atoms with van der Waals surface area (Å²) in [6, 6.07) is 9.56. The number of amides is 2. The van der Waals surface area contributed by atoms with Gasteiger partial charge in [0.15, 0.2) is 11.5 Å². The fraction of sp³-hybridized carbons (Fsp3) is 0.519. The number of ether oxygens (including phenoxy) is 3. The largest absolute Gasteiger partial charge is 0.493 e. The zero-order valence-electron chi connectivity index (χ0n) is 22.0. The van der Waals surface area contributed by atoms with Gasteiger partial charge in [-0.1, -0.05) is 19.1 Å². The van der Waals surface area contributed by atoms with Crippen LogP contribution in [0.3, 0.4) is 0 Å². The molecule has 1 aromatic carbocycles. The van der Waals surface area contributed by atoms with E-state index in [-0.39, 0.29) is 43.8 Å². The average molecular weight is 519 g/mol. The van der Waals surface area contributed by atoms with Crippen LogP contribution in [0.15, 0.2) is 35.7 Å². The summed E-state index contributed by atoms with van der Waals surface area (Å²) in [6.45, 7) is 6.82. The van der Waals surface area contributed by atoms with Gasteiger partial charge >= 0.3 is 5.97 Å². The number of hydrogen-bond acceptors (Lipinski definition) is 7. The monoisotopic (exact) mass is 518 g/mol. The van der Waals surface area contributed by atoms with E-state index in [0.29, 0.717) is 37.4 Å². The highest BCUT2D eigenvalue weighted by molar-refractivity contribution is 7.09. The zero-order valence-corrected chi connectivity index (χ0v) is 22.8. The van der Waals surface area contributed by atoms with Crippen LogP contribution < -0.4 is 9.47 Å². The van der Waals surface area contributed by atoms with Gasteiger partial charge in [0, 0.05) is 23.9 Å². The summed E-state index contributed by atoms with van der Waals surface area (Å²) in [4.78, 5) is 42.6. The van der Waals surface area contributed by atoms with Crippen LogP contribution in [-0.2, 0) is 32.1 Å². The second-order valence-corrected chi connectivity index (χ2v) is 9.45. The number of rotatable bonds is 15. The molecule has 0 fully saturated rings. The van der Waals surface area contributed by atoms with Gasteiger partial charge in [0.2, 0.25) is 11.8 Å². The molecule has 0 radical (unpaired) electrons. The maximum Gasteiger partial charge on any atom is 0.306 e. The minimum atomic E-state index is -0.407. The Kier molecular flexibility index (Phi) is 12.3. The molecule has 1 unspecified atom stereocenters. The van der Waals surface area contributed by atoms with Gasteiger partial charge in [-0.15, -0.1) is 11.3 Å². The smallest absolute Gasteiger partial charge is 0.306 e. The molecule has 0 aliphatic heterocycles. The normalized spacial score (nSPS) is 11.5. The maximum absolute atomic E-state index is 13.5. The van der Waals surface area contributed by atoms with E-state index in [1.165, 1.54) is 0 Å². The molecule has 0 N–H and O–H groups in total. The third-order valence-corrected chi connectivity index (χ3v) is 6.86. The number of carbonyl (C=O) groups excluding carboxylic acids is 3. The first-order chi connectivity index (χ1) is 17.3. The molecule has 36 heavy (non-hydrogen) atoms. The lowest BCUT2D eigenvalue weighted by atomic mass is 10.1. The molecular formula is C27H38N2O6S. The van der Waals surface area contributed by atoms with Crippen LogP contribution in [0, 0.1) is 0 Å². The van der Waals surface area contributed by atoms with Crippen LogP contribution in [0.25, 0.3) is 0 Å². The van der Waals surface area contributed by atoms with Gasteiger partial charge in [-0.05, 0) is 55.8 Å². The van der Waals surface area contributed by atoms with Crippen LogP contribution in [0.4, 0.5) is 0 Å². The van der Waals surface area contributed by atoms with Crippen molar-refractivity contribution in [3.05, 3.63) is 46.2 Å². The van der Waals surface area contributed by atoms with Crippen molar-refractivity contribution >= 4 is 29.1 Å². The summed E-state index contributed by atoms with van der Waals surface area (Å²) < 4.78 is 15.7. The molecule has 0 saturated carbocycles. The van der Waals surface area contributed by atoms with Gasteiger partial charge in [0.25, 0.3) is 0 Å². The lowest BCUT2D eigenvalue weighted by Crippen LogP contribution is -2.46. The number of carbonyl (C=O) groups is 3. The molecule has 0 saturated heterocycles. The highest BCUT2D eigenvalue weighted by Gasteiger charge is 2.25. The Bertz CT molecular complexity index is 979. The number of hydrogen-bond donors (Lipinski definition) is 0. The van der Waals surface area contributed by atoms with Crippen molar-refractivity contribution in [2.75, 3.05) is 33.9 Å².